The molecule has 4 aliphatic heterocycles. The van der Waals surface area contributed by atoms with E-state index in [1.165, 1.54) is 25.9 Å². The third kappa shape index (κ3) is 3.01. The van der Waals surface area contributed by atoms with Crippen LogP contribution in [0.2, 0.25) is 0 Å². The molecule has 0 spiro atoms. The molecule has 0 aromatic carbocycles. The number of rotatable bonds is 3. The molecule has 2 bridgehead atoms. The van der Waals surface area contributed by atoms with Crippen molar-refractivity contribution in [3.05, 3.63) is 35.4 Å². The van der Waals surface area contributed by atoms with Gasteiger partial charge in [-0.25, -0.2) is 5.43 Å². The molecule has 3 N–H and O–H groups in total. The van der Waals surface area contributed by atoms with Gasteiger partial charge in [-0.2, -0.15) is 0 Å². The van der Waals surface area contributed by atoms with Crippen molar-refractivity contribution in [3.8, 4) is 0 Å². The molecule has 5 rings (SSSR count). The highest BCUT2D eigenvalue weighted by Gasteiger charge is 2.35. The molecule has 0 radical (unpaired) electrons. The quantitative estimate of drug-likeness (QED) is 0.725. The standard InChI is InChI=1S/C17H24N4O2/c22-15-3-1-2-14(8-15)21-10-13(9-18-21)17(23)19-16-11-20-6-4-12(16)5-7-20/h2,8,10,12,16,18,22H,1,3-7,9,11H2,(H,19,23). The van der Waals surface area contributed by atoms with E-state index in [4.69, 9.17) is 0 Å². The summed E-state index contributed by atoms with van der Waals surface area (Å²) in [5.74, 6) is 1.06. The van der Waals surface area contributed by atoms with E-state index in [1.807, 2.05) is 11.2 Å². The van der Waals surface area contributed by atoms with Crippen LogP contribution in [0.25, 0.3) is 0 Å². The van der Waals surface area contributed by atoms with Crippen molar-refractivity contribution < 1.29 is 9.90 Å². The molecule has 124 valence electrons. The summed E-state index contributed by atoms with van der Waals surface area (Å²) in [5.41, 5.74) is 4.85. The maximum atomic E-state index is 12.5. The molecule has 3 saturated heterocycles. The fourth-order valence-electron chi connectivity index (χ4n) is 3.95. The fraction of sp³-hybridized carbons (Fsp3) is 0.588. The van der Waals surface area contributed by atoms with E-state index >= 15 is 0 Å². The van der Waals surface area contributed by atoms with Crippen molar-refractivity contribution in [3.63, 3.8) is 0 Å². The molecule has 6 heteroatoms. The van der Waals surface area contributed by atoms with Gasteiger partial charge in [-0.05, 0) is 38.3 Å². The highest BCUT2D eigenvalue weighted by Crippen LogP contribution is 2.28. The Morgan fingerprint density at radius 3 is 2.87 bits per heavy atom. The normalized spacial score (nSPS) is 33.1. The molecule has 0 aromatic heterocycles. The molecule has 0 aromatic rings. The molecule has 3 fully saturated rings. The Morgan fingerprint density at radius 1 is 1.35 bits per heavy atom. The van der Waals surface area contributed by atoms with Gasteiger partial charge in [0.1, 0.15) is 0 Å². The van der Waals surface area contributed by atoms with Gasteiger partial charge in [-0.1, -0.05) is 6.08 Å². The largest absolute Gasteiger partial charge is 0.512 e. The molecular formula is C17H24N4O2. The number of carbonyl (C=O) groups excluding carboxylic acids is 1. The SMILES string of the molecule is O=C(NC1CN2CCC1CC2)C1=CN(C2=CCCC(O)=C2)NC1. The van der Waals surface area contributed by atoms with E-state index in [0.29, 0.717) is 24.6 Å². The van der Waals surface area contributed by atoms with Crippen LogP contribution in [0.5, 0.6) is 0 Å². The first-order valence-corrected chi connectivity index (χ1v) is 8.55. The second-order valence-corrected chi connectivity index (χ2v) is 6.88. The number of hydrogen-bond donors (Lipinski definition) is 3. The molecule has 4 heterocycles. The number of hydrazine groups is 1. The predicted molar refractivity (Wildman–Crippen MR) is 87.0 cm³/mol. The lowest BCUT2D eigenvalue weighted by atomic mass is 9.84. The number of piperidine rings is 3. The van der Waals surface area contributed by atoms with Gasteiger partial charge >= 0.3 is 0 Å². The van der Waals surface area contributed by atoms with Gasteiger partial charge in [0.2, 0.25) is 5.91 Å². The van der Waals surface area contributed by atoms with Crippen molar-refractivity contribution in [2.24, 2.45) is 5.92 Å². The lowest BCUT2D eigenvalue weighted by molar-refractivity contribution is -0.119. The summed E-state index contributed by atoms with van der Waals surface area (Å²) in [6.07, 6.45) is 9.58. The smallest absolute Gasteiger partial charge is 0.250 e. The first-order chi connectivity index (χ1) is 11.2. The van der Waals surface area contributed by atoms with E-state index < -0.39 is 0 Å². The molecule has 1 amide bonds. The first kappa shape index (κ1) is 14.8. The number of nitrogens with zero attached hydrogens (tertiary/aromatic N) is 2. The molecule has 1 unspecified atom stereocenters. The van der Waals surface area contributed by atoms with Crippen LogP contribution < -0.4 is 10.7 Å². The summed E-state index contributed by atoms with van der Waals surface area (Å²) >= 11 is 0. The summed E-state index contributed by atoms with van der Waals surface area (Å²) < 4.78 is 0. The topological polar surface area (TPSA) is 67.8 Å². The van der Waals surface area contributed by atoms with Crippen LogP contribution in [0.1, 0.15) is 25.7 Å². The zero-order valence-corrected chi connectivity index (χ0v) is 13.3. The van der Waals surface area contributed by atoms with Gasteiger partial charge in [-0.3, -0.25) is 9.80 Å². The highest BCUT2D eigenvalue weighted by molar-refractivity contribution is 5.94. The van der Waals surface area contributed by atoms with E-state index in [0.717, 1.165) is 24.2 Å². The Hall–Kier alpha value is -1.79. The summed E-state index contributed by atoms with van der Waals surface area (Å²) in [7, 11) is 0. The minimum atomic E-state index is 0.0309. The van der Waals surface area contributed by atoms with Crippen LogP contribution in [0.4, 0.5) is 0 Å². The number of aliphatic hydroxyl groups is 1. The van der Waals surface area contributed by atoms with Crippen molar-refractivity contribution >= 4 is 5.91 Å². The van der Waals surface area contributed by atoms with Crippen molar-refractivity contribution in [2.45, 2.75) is 31.7 Å². The van der Waals surface area contributed by atoms with E-state index in [1.54, 1.807) is 6.08 Å². The molecule has 0 saturated carbocycles. The zero-order chi connectivity index (χ0) is 15.8. The maximum absolute atomic E-state index is 12.5. The molecule has 23 heavy (non-hydrogen) atoms. The molecule has 1 atom stereocenters. The van der Waals surface area contributed by atoms with Gasteiger partial charge in [0.05, 0.1) is 17.0 Å². The number of hydrogen-bond acceptors (Lipinski definition) is 5. The maximum Gasteiger partial charge on any atom is 0.250 e. The van der Waals surface area contributed by atoms with Gasteiger partial charge < -0.3 is 15.3 Å². The second kappa shape index (κ2) is 6.02. The molecule has 6 nitrogen and oxygen atoms in total. The van der Waals surface area contributed by atoms with E-state index in [9.17, 15) is 9.90 Å². The Kier molecular flexibility index (Phi) is 3.87. The summed E-state index contributed by atoms with van der Waals surface area (Å²) in [4.78, 5) is 15.0. The third-order valence-electron chi connectivity index (χ3n) is 5.34. The van der Waals surface area contributed by atoms with Gasteiger partial charge in [0.15, 0.2) is 0 Å². The number of aliphatic hydroxyl groups excluding tert-OH is 1. The number of carbonyl (C=O) groups is 1. The second-order valence-electron chi connectivity index (χ2n) is 6.88. The average molecular weight is 316 g/mol. The van der Waals surface area contributed by atoms with Crippen molar-refractivity contribution in [1.82, 2.24) is 20.7 Å². The van der Waals surface area contributed by atoms with Crippen LogP contribution in [0.3, 0.4) is 0 Å². The lowest BCUT2D eigenvalue weighted by Gasteiger charge is -2.44. The minimum absolute atomic E-state index is 0.0309. The summed E-state index contributed by atoms with van der Waals surface area (Å²) in [6, 6.07) is 0.290. The first-order valence-electron chi connectivity index (χ1n) is 8.55. The zero-order valence-electron chi connectivity index (χ0n) is 13.3. The van der Waals surface area contributed by atoms with Gasteiger partial charge in [-0.15, -0.1) is 0 Å². The van der Waals surface area contributed by atoms with E-state index in [-0.39, 0.29) is 11.9 Å². The average Bonchev–Trinajstić information content (AvgIpc) is 3.06. The van der Waals surface area contributed by atoms with Crippen LogP contribution in [-0.2, 0) is 4.79 Å². The monoisotopic (exact) mass is 316 g/mol. The Labute approximate surface area is 136 Å². The molecule has 1 aliphatic carbocycles. The minimum Gasteiger partial charge on any atom is -0.512 e. The Balaban J connectivity index is 1.39. The predicted octanol–water partition coefficient (Wildman–Crippen LogP) is 1.02. The Morgan fingerprint density at radius 2 is 2.17 bits per heavy atom. The number of nitrogens with one attached hydrogen (secondary N) is 2. The summed E-state index contributed by atoms with van der Waals surface area (Å²) in [6.45, 7) is 3.87. The van der Waals surface area contributed by atoms with Crippen LogP contribution in [-0.4, -0.2) is 53.1 Å². The lowest BCUT2D eigenvalue weighted by Crippen LogP contribution is -2.57. The van der Waals surface area contributed by atoms with E-state index in [2.05, 4.69) is 21.7 Å². The fourth-order valence-corrected chi connectivity index (χ4v) is 3.95. The van der Waals surface area contributed by atoms with Gasteiger partial charge in [0.25, 0.3) is 0 Å². The van der Waals surface area contributed by atoms with Gasteiger partial charge in [0, 0.05) is 37.8 Å². The molecular weight excluding hydrogens is 292 g/mol. The van der Waals surface area contributed by atoms with Crippen LogP contribution in [0.15, 0.2) is 35.4 Å². The van der Waals surface area contributed by atoms with Crippen LogP contribution in [0, 0.1) is 5.92 Å². The number of fused-ring (bicyclic) bond motifs is 3. The third-order valence-corrected chi connectivity index (χ3v) is 5.34. The van der Waals surface area contributed by atoms with Crippen molar-refractivity contribution in [1.29, 1.82) is 0 Å². The summed E-state index contributed by atoms with van der Waals surface area (Å²) in [5, 5.41) is 14.7. The number of allylic oxidation sites excluding steroid dienone is 3. The number of amides is 1. The highest BCUT2D eigenvalue weighted by atomic mass is 16.3. The van der Waals surface area contributed by atoms with Crippen LogP contribution >= 0.6 is 0 Å². The Bertz CT molecular complexity index is 587. The molecule has 5 aliphatic rings. The van der Waals surface area contributed by atoms with Crippen molar-refractivity contribution in [2.75, 3.05) is 26.2 Å².